The standard InChI is InChI=1S/C23H20ClNO/c1-23(2,3)26-22-10-6-9-21(25-22)20-8-5-4-7-18(20)14-11-17-12-15-19(24)16-13-17/h4-10,12-13,15-16H,1-3H3. The topological polar surface area (TPSA) is 22.1 Å². The first-order chi connectivity index (χ1) is 12.4. The zero-order valence-electron chi connectivity index (χ0n) is 15.1. The van der Waals surface area contributed by atoms with Gasteiger partial charge in [-0.25, -0.2) is 4.98 Å². The molecule has 0 N–H and O–H groups in total. The highest BCUT2D eigenvalue weighted by atomic mass is 35.5. The maximum Gasteiger partial charge on any atom is 0.214 e. The van der Waals surface area contributed by atoms with Crippen molar-refractivity contribution in [3.05, 3.63) is 82.9 Å². The van der Waals surface area contributed by atoms with Gasteiger partial charge in [0.05, 0.1) is 5.69 Å². The molecule has 0 fully saturated rings. The molecule has 0 amide bonds. The fraction of sp³-hybridized carbons (Fsp3) is 0.174. The second kappa shape index (κ2) is 7.64. The van der Waals surface area contributed by atoms with E-state index < -0.39 is 0 Å². The Morgan fingerprint density at radius 1 is 0.846 bits per heavy atom. The molecule has 3 rings (SSSR count). The number of halogens is 1. The van der Waals surface area contributed by atoms with Crippen LogP contribution < -0.4 is 4.74 Å². The van der Waals surface area contributed by atoms with Crippen molar-refractivity contribution in [3.8, 4) is 29.0 Å². The molecule has 1 heterocycles. The minimum Gasteiger partial charge on any atom is -0.472 e. The molecule has 0 saturated heterocycles. The van der Waals surface area contributed by atoms with Crippen molar-refractivity contribution in [1.82, 2.24) is 4.98 Å². The summed E-state index contributed by atoms with van der Waals surface area (Å²) in [7, 11) is 0. The van der Waals surface area contributed by atoms with Crippen LogP contribution in [0.25, 0.3) is 11.3 Å². The van der Waals surface area contributed by atoms with E-state index in [4.69, 9.17) is 16.3 Å². The molecule has 2 aromatic carbocycles. The summed E-state index contributed by atoms with van der Waals surface area (Å²) in [4.78, 5) is 4.65. The summed E-state index contributed by atoms with van der Waals surface area (Å²) in [5.74, 6) is 7.03. The third kappa shape index (κ3) is 4.88. The fourth-order valence-electron chi connectivity index (χ4n) is 2.42. The van der Waals surface area contributed by atoms with Gasteiger partial charge >= 0.3 is 0 Å². The molecule has 1 aromatic heterocycles. The van der Waals surface area contributed by atoms with Gasteiger partial charge in [0, 0.05) is 27.8 Å². The van der Waals surface area contributed by atoms with E-state index in [0.717, 1.165) is 22.4 Å². The molecule has 0 radical (unpaired) electrons. The second-order valence-corrected chi connectivity index (χ2v) is 7.31. The van der Waals surface area contributed by atoms with Crippen molar-refractivity contribution in [3.63, 3.8) is 0 Å². The Morgan fingerprint density at radius 3 is 2.31 bits per heavy atom. The van der Waals surface area contributed by atoms with Gasteiger partial charge in [0.25, 0.3) is 0 Å². The first-order valence-electron chi connectivity index (χ1n) is 8.44. The van der Waals surface area contributed by atoms with Crippen molar-refractivity contribution < 1.29 is 4.74 Å². The fourth-order valence-corrected chi connectivity index (χ4v) is 2.55. The lowest BCUT2D eigenvalue weighted by molar-refractivity contribution is 0.124. The Balaban J connectivity index is 1.95. The van der Waals surface area contributed by atoms with Crippen LogP contribution in [0.5, 0.6) is 5.88 Å². The van der Waals surface area contributed by atoms with Crippen LogP contribution in [-0.2, 0) is 0 Å². The van der Waals surface area contributed by atoms with E-state index >= 15 is 0 Å². The lowest BCUT2D eigenvalue weighted by Gasteiger charge is -2.20. The Morgan fingerprint density at radius 2 is 1.58 bits per heavy atom. The molecule has 0 aliphatic rings. The Bertz CT molecular complexity index is 960. The number of hydrogen-bond acceptors (Lipinski definition) is 2. The van der Waals surface area contributed by atoms with Crippen LogP contribution >= 0.6 is 11.6 Å². The molecule has 0 bridgehead atoms. The van der Waals surface area contributed by atoms with Gasteiger partial charge in [0.2, 0.25) is 5.88 Å². The predicted octanol–water partition coefficient (Wildman–Crippen LogP) is 5.98. The van der Waals surface area contributed by atoms with Crippen LogP contribution in [0.2, 0.25) is 5.02 Å². The van der Waals surface area contributed by atoms with E-state index in [1.165, 1.54) is 0 Å². The SMILES string of the molecule is CC(C)(C)Oc1cccc(-c2ccccc2C#Cc2ccc(Cl)cc2)n1. The van der Waals surface area contributed by atoms with Gasteiger partial charge < -0.3 is 4.74 Å². The molecule has 0 unspecified atom stereocenters. The highest BCUT2D eigenvalue weighted by Crippen LogP contribution is 2.25. The quantitative estimate of drug-likeness (QED) is 0.524. The van der Waals surface area contributed by atoms with Gasteiger partial charge in [-0.3, -0.25) is 0 Å². The maximum atomic E-state index is 5.93. The van der Waals surface area contributed by atoms with Crippen molar-refractivity contribution >= 4 is 11.6 Å². The molecule has 0 saturated carbocycles. The van der Waals surface area contributed by atoms with E-state index in [9.17, 15) is 0 Å². The van der Waals surface area contributed by atoms with Gasteiger partial charge in [0.1, 0.15) is 5.60 Å². The van der Waals surface area contributed by atoms with Crippen LogP contribution in [-0.4, -0.2) is 10.6 Å². The van der Waals surface area contributed by atoms with Gasteiger partial charge in [0.15, 0.2) is 0 Å². The molecule has 130 valence electrons. The molecule has 0 aliphatic carbocycles. The highest BCUT2D eigenvalue weighted by molar-refractivity contribution is 6.30. The van der Waals surface area contributed by atoms with Crippen molar-refractivity contribution in [2.75, 3.05) is 0 Å². The number of pyridine rings is 1. The van der Waals surface area contributed by atoms with E-state index in [2.05, 4.69) is 16.8 Å². The van der Waals surface area contributed by atoms with Gasteiger partial charge in [-0.1, -0.05) is 47.7 Å². The molecule has 0 spiro atoms. The first kappa shape index (κ1) is 18.0. The minimum absolute atomic E-state index is 0.292. The Hall–Kier alpha value is -2.76. The van der Waals surface area contributed by atoms with E-state index in [1.54, 1.807) is 0 Å². The predicted molar refractivity (Wildman–Crippen MR) is 107 cm³/mol. The van der Waals surface area contributed by atoms with Crippen molar-refractivity contribution in [2.45, 2.75) is 26.4 Å². The largest absolute Gasteiger partial charge is 0.472 e. The lowest BCUT2D eigenvalue weighted by Crippen LogP contribution is -2.23. The molecular weight excluding hydrogens is 342 g/mol. The number of rotatable bonds is 2. The summed E-state index contributed by atoms with van der Waals surface area (Å²) in [6, 6.07) is 21.3. The number of hydrogen-bond donors (Lipinski definition) is 0. The molecule has 2 nitrogen and oxygen atoms in total. The molecule has 26 heavy (non-hydrogen) atoms. The first-order valence-corrected chi connectivity index (χ1v) is 8.82. The smallest absolute Gasteiger partial charge is 0.214 e. The zero-order chi connectivity index (χ0) is 18.6. The highest BCUT2D eigenvalue weighted by Gasteiger charge is 2.13. The molecule has 3 heteroatoms. The average molecular weight is 362 g/mol. The summed E-state index contributed by atoms with van der Waals surface area (Å²) in [5.41, 5.74) is 3.37. The molecule has 0 aliphatic heterocycles. The lowest BCUT2D eigenvalue weighted by atomic mass is 10.0. The average Bonchev–Trinajstić information content (AvgIpc) is 2.60. The van der Waals surface area contributed by atoms with E-state index in [-0.39, 0.29) is 5.60 Å². The second-order valence-electron chi connectivity index (χ2n) is 6.88. The third-order valence-electron chi connectivity index (χ3n) is 3.52. The summed E-state index contributed by atoms with van der Waals surface area (Å²) < 4.78 is 5.88. The number of benzene rings is 2. The van der Waals surface area contributed by atoms with Crippen LogP contribution in [0.15, 0.2) is 66.7 Å². The van der Waals surface area contributed by atoms with Crippen molar-refractivity contribution in [2.24, 2.45) is 0 Å². The maximum absolute atomic E-state index is 5.93. The molecule has 0 atom stereocenters. The minimum atomic E-state index is -0.292. The Labute approximate surface area is 159 Å². The normalized spacial score (nSPS) is 10.8. The molecule has 3 aromatic rings. The van der Waals surface area contributed by atoms with Gasteiger partial charge in [-0.15, -0.1) is 0 Å². The van der Waals surface area contributed by atoms with Crippen LogP contribution in [0.3, 0.4) is 0 Å². The summed E-state index contributed by atoms with van der Waals surface area (Å²) in [5, 5.41) is 0.704. The third-order valence-corrected chi connectivity index (χ3v) is 3.78. The Kier molecular flexibility index (Phi) is 5.30. The summed E-state index contributed by atoms with van der Waals surface area (Å²) >= 11 is 5.93. The van der Waals surface area contributed by atoms with Crippen LogP contribution in [0.1, 0.15) is 31.9 Å². The summed E-state index contributed by atoms with van der Waals surface area (Å²) in [6.45, 7) is 6.02. The van der Waals surface area contributed by atoms with Crippen LogP contribution in [0, 0.1) is 11.8 Å². The van der Waals surface area contributed by atoms with E-state index in [1.807, 2.05) is 87.5 Å². The van der Waals surface area contributed by atoms with Gasteiger partial charge in [-0.2, -0.15) is 0 Å². The zero-order valence-corrected chi connectivity index (χ0v) is 15.8. The van der Waals surface area contributed by atoms with Crippen molar-refractivity contribution in [1.29, 1.82) is 0 Å². The van der Waals surface area contributed by atoms with Crippen LogP contribution in [0.4, 0.5) is 0 Å². The summed E-state index contributed by atoms with van der Waals surface area (Å²) in [6.07, 6.45) is 0. The monoisotopic (exact) mass is 361 g/mol. The van der Waals surface area contributed by atoms with Gasteiger partial charge in [-0.05, 0) is 57.2 Å². The number of aromatic nitrogens is 1. The number of ether oxygens (including phenoxy) is 1. The number of nitrogens with zero attached hydrogens (tertiary/aromatic N) is 1. The van der Waals surface area contributed by atoms with E-state index in [0.29, 0.717) is 10.9 Å². The molecular formula is C23H20ClNO.